The second kappa shape index (κ2) is 7.67. The minimum Gasteiger partial charge on any atom is -0.493 e. The highest BCUT2D eigenvalue weighted by Crippen LogP contribution is 2.30. The molecule has 0 aliphatic carbocycles. The van der Waals surface area contributed by atoms with E-state index in [0.717, 1.165) is 12.0 Å². The van der Waals surface area contributed by atoms with Crippen LogP contribution in [-0.4, -0.2) is 24.8 Å². The average molecular weight is 318 g/mol. The van der Waals surface area contributed by atoms with Crippen LogP contribution < -0.4 is 14.8 Å². The lowest BCUT2D eigenvalue weighted by molar-refractivity contribution is 0.0902. The SMILES string of the molecule is CCCOc1ccc([C@@H](C)NC(=O)c2cc(C)no2)cc1OC. The number of aryl methyl sites for hydroxylation is 1. The zero-order valence-corrected chi connectivity index (χ0v) is 13.9. The molecule has 23 heavy (non-hydrogen) atoms. The Kier molecular flexibility index (Phi) is 5.62. The number of carbonyl (C=O) groups is 1. The average Bonchev–Trinajstić information content (AvgIpc) is 2.99. The number of amides is 1. The van der Waals surface area contributed by atoms with E-state index in [9.17, 15) is 4.79 Å². The summed E-state index contributed by atoms with van der Waals surface area (Å²) >= 11 is 0. The van der Waals surface area contributed by atoms with Gasteiger partial charge in [0.05, 0.1) is 25.5 Å². The maximum Gasteiger partial charge on any atom is 0.290 e. The third-order valence-electron chi connectivity index (χ3n) is 3.35. The smallest absolute Gasteiger partial charge is 0.290 e. The highest BCUT2D eigenvalue weighted by Gasteiger charge is 2.17. The van der Waals surface area contributed by atoms with E-state index in [4.69, 9.17) is 14.0 Å². The number of nitrogens with zero attached hydrogens (tertiary/aromatic N) is 1. The Morgan fingerprint density at radius 2 is 2.13 bits per heavy atom. The second-order valence-electron chi connectivity index (χ2n) is 5.29. The van der Waals surface area contributed by atoms with Gasteiger partial charge in [-0.25, -0.2) is 0 Å². The molecule has 6 nitrogen and oxygen atoms in total. The van der Waals surface area contributed by atoms with Crippen LogP contribution >= 0.6 is 0 Å². The molecule has 0 saturated carbocycles. The van der Waals surface area contributed by atoms with Crippen LogP contribution in [0.2, 0.25) is 0 Å². The first-order valence-corrected chi connectivity index (χ1v) is 7.60. The molecule has 1 aromatic heterocycles. The second-order valence-corrected chi connectivity index (χ2v) is 5.29. The van der Waals surface area contributed by atoms with Crippen molar-refractivity contribution < 1.29 is 18.8 Å². The molecule has 0 unspecified atom stereocenters. The fourth-order valence-electron chi connectivity index (χ4n) is 2.11. The summed E-state index contributed by atoms with van der Waals surface area (Å²) in [6, 6.07) is 7.02. The molecule has 1 amide bonds. The molecule has 0 saturated heterocycles. The Hall–Kier alpha value is -2.50. The van der Waals surface area contributed by atoms with Crippen molar-refractivity contribution in [3.8, 4) is 11.5 Å². The molecule has 2 rings (SSSR count). The van der Waals surface area contributed by atoms with Crippen molar-refractivity contribution in [3.63, 3.8) is 0 Å². The van der Waals surface area contributed by atoms with E-state index in [-0.39, 0.29) is 17.7 Å². The van der Waals surface area contributed by atoms with Crippen LogP contribution in [-0.2, 0) is 0 Å². The van der Waals surface area contributed by atoms with Gasteiger partial charge in [0.15, 0.2) is 11.5 Å². The van der Waals surface area contributed by atoms with E-state index in [1.807, 2.05) is 32.0 Å². The third kappa shape index (κ3) is 4.25. The van der Waals surface area contributed by atoms with Gasteiger partial charge >= 0.3 is 0 Å². The predicted molar refractivity (Wildman–Crippen MR) is 85.9 cm³/mol. The number of nitrogens with one attached hydrogen (secondary N) is 1. The van der Waals surface area contributed by atoms with Crippen molar-refractivity contribution in [3.05, 3.63) is 41.3 Å². The van der Waals surface area contributed by atoms with Gasteiger partial charge in [0.2, 0.25) is 5.76 Å². The number of ether oxygens (including phenoxy) is 2. The first-order valence-electron chi connectivity index (χ1n) is 7.60. The lowest BCUT2D eigenvalue weighted by Gasteiger charge is -2.16. The van der Waals surface area contributed by atoms with Crippen LogP contribution in [0.4, 0.5) is 0 Å². The van der Waals surface area contributed by atoms with Crippen molar-refractivity contribution in [2.45, 2.75) is 33.2 Å². The first kappa shape index (κ1) is 16.9. The van der Waals surface area contributed by atoms with E-state index < -0.39 is 0 Å². The molecule has 0 bridgehead atoms. The fourth-order valence-corrected chi connectivity index (χ4v) is 2.11. The molecule has 0 radical (unpaired) electrons. The number of methoxy groups -OCH3 is 1. The molecule has 0 aliphatic rings. The molecule has 1 atom stereocenters. The molecule has 1 aromatic carbocycles. The molecule has 2 aromatic rings. The van der Waals surface area contributed by atoms with Crippen molar-refractivity contribution in [1.82, 2.24) is 10.5 Å². The number of benzene rings is 1. The van der Waals surface area contributed by atoms with Crippen LogP contribution in [0.15, 0.2) is 28.8 Å². The molecular weight excluding hydrogens is 296 g/mol. The van der Waals surface area contributed by atoms with Crippen molar-refractivity contribution >= 4 is 5.91 Å². The number of rotatable bonds is 7. The third-order valence-corrected chi connectivity index (χ3v) is 3.35. The van der Waals surface area contributed by atoms with Crippen LogP contribution in [0.25, 0.3) is 0 Å². The minimum absolute atomic E-state index is 0.198. The Bertz CT molecular complexity index is 666. The van der Waals surface area contributed by atoms with E-state index in [1.54, 1.807) is 20.1 Å². The van der Waals surface area contributed by atoms with Crippen molar-refractivity contribution in [2.75, 3.05) is 13.7 Å². The maximum absolute atomic E-state index is 12.1. The van der Waals surface area contributed by atoms with Crippen LogP contribution in [0, 0.1) is 6.92 Å². The highest BCUT2D eigenvalue weighted by molar-refractivity contribution is 5.91. The highest BCUT2D eigenvalue weighted by atomic mass is 16.5. The van der Waals surface area contributed by atoms with E-state index in [2.05, 4.69) is 10.5 Å². The summed E-state index contributed by atoms with van der Waals surface area (Å²) in [4.78, 5) is 12.1. The van der Waals surface area contributed by atoms with Gasteiger partial charge in [-0.15, -0.1) is 0 Å². The largest absolute Gasteiger partial charge is 0.493 e. The molecule has 0 spiro atoms. The maximum atomic E-state index is 12.1. The topological polar surface area (TPSA) is 73.6 Å². The number of hydrogen-bond donors (Lipinski definition) is 1. The Morgan fingerprint density at radius 3 is 2.74 bits per heavy atom. The van der Waals surface area contributed by atoms with Gasteiger partial charge in [0.1, 0.15) is 0 Å². The summed E-state index contributed by atoms with van der Waals surface area (Å²) in [5, 5.41) is 6.58. The van der Waals surface area contributed by atoms with E-state index in [0.29, 0.717) is 23.8 Å². The zero-order valence-electron chi connectivity index (χ0n) is 13.9. The van der Waals surface area contributed by atoms with Gasteiger partial charge in [0, 0.05) is 6.07 Å². The van der Waals surface area contributed by atoms with Gasteiger partial charge in [-0.1, -0.05) is 18.1 Å². The number of carbonyl (C=O) groups excluding carboxylic acids is 1. The van der Waals surface area contributed by atoms with Crippen molar-refractivity contribution in [1.29, 1.82) is 0 Å². The molecule has 0 aliphatic heterocycles. The lowest BCUT2D eigenvalue weighted by Crippen LogP contribution is -2.26. The van der Waals surface area contributed by atoms with Crippen molar-refractivity contribution in [2.24, 2.45) is 0 Å². The van der Waals surface area contributed by atoms with Gasteiger partial charge in [-0.3, -0.25) is 4.79 Å². The van der Waals surface area contributed by atoms with E-state index >= 15 is 0 Å². The molecule has 6 heteroatoms. The summed E-state index contributed by atoms with van der Waals surface area (Å²) < 4.78 is 16.0. The Morgan fingerprint density at radius 1 is 1.35 bits per heavy atom. The molecule has 0 fully saturated rings. The van der Waals surface area contributed by atoms with E-state index in [1.165, 1.54) is 0 Å². The van der Waals surface area contributed by atoms with Gasteiger partial charge in [0.25, 0.3) is 5.91 Å². The quantitative estimate of drug-likeness (QED) is 0.848. The number of aromatic nitrogens is 1. The first-order chi connectivity index (χ1) is 11.0. The summed E-state index contributed by atoms with van der Waals surface area (Å²) in [6.45, 7) is 6.34. The molecule has 124 valence electrons. The fraction of sp³-hybridized carbons (Fsp3) is 0.412. The Balaban J connectivity index is 2.09. The standard InChI is InChI=1S/C17H22N2O4/c1-5-8-22-14-7-6-13(10-15(14)21-4)12(3)18-17(20)16-9-11(2)19-23-16/h6-7,9-10,12H,5,8H2,1-4H3,(H,18,20)/t12-/m1/s1. The summed E-state index contributed by atoms with van der Waals surface area (Å²) in [5.74, 6) is 1.24. The van der Waals surface area contributed by atoms with Crippen LogP contribution in [0.1, 0.15) is 48.1 Å². The van der Waals surface area contributed by atoms with Gasteiger partial charge in [-0.2, -0.15) is 0 Å². The monoisotopic (exact) mass is 318 g/mol. The Labute approximate surface area is 135 Å². The molecule has 1 heterocycles. The normalized spacial score (nSPS) is 11.8. The minimum atomic E-state index is -0.302. The van der Waals surface area contributed by atoms with Gasteiger partial charge in [-0.05, 0) is 38.0 Å². The molecule has 1 N–H and O–H groups in total. The summed E-state index contributed by atoms with van der Waals surface area (Å²) in [7, 11) is 1.60. The van der Waals surface area contributed by atoms with Crippen LogP contribution in [0.5, 0.6) is 11.5 Å². The van der Waals surface area contributed by atoms with Crippen LogP contribution in [0.3, 0.4) is 0 Å². The summed E-state index contributed by atoms with van der Waals surface area (Å²) in [5.41, 5.74) is 1.58. The summed E-state index contributed by atoms with van der Waals surface area (Å²) in [6.07, 6.45) is 0.925. The molecular formula is C17H22N2O4. The number of hydrogen-bond acceptors (Lipinski definition) is 5. The predicted octanol–water partition coefficient (Wildman–Crippen LogP) is 3.27. The zero-order chi connectivity index (χ0) is 16.8. The van der Waals surface area contributed by atoms with Gasteiger partial charge < -0.3 is 19.3 Å². The lowest BCUT2D eigenvalue weighted by atomic mass is 10.1.